The van der Waals surface area contributed by atoms with Crippen LogP contribution < -0.4 is 14.8 Å². The number of amides is 2. The van der Waals surface area contributed by atoms with Gasteiger partial charge in [0.15, 0.2) is 6.61 Å². The van der Waals surface area contributed by atoms with Crippen molar-refractivity contribution in [2.24, 2.45) is 0 Å². The van der Waals surface area contributed by atoms with Crippen molar-refractivity contribution in [3.05, 3.63) is 126 Å². The molecule has 0 aliphatic carbocycles. The van der Waals surface area contributed by atoms with Gasteiger partial charge in [-0.1, -0.05) is 60.7 Å². The van der Waals surface area contributed by atoms with Gasteiger partial charge in [-0.2, -0.15) is 0 Å². The van der Waals surface area contributed by atoms with Crippen LogP contribution in [0.1, 0.15) is 17.2 Å². The van der Waals surface area contributed by atoms with Gasteiger partial charge in [0.1, 0.15) is 17.6 Å². The van der Waals surface area contributed by atoms with Crippen LogP contribution in [-0.2, 0) is 26.2 Å². The van der Waals surface area contributed by atoms with Crippen molar-refractivity contribution in [2.75, 3.05) is 18.4 Å². The van der Waals surface area contributed by atoms with Crippen LogP contribution in [-0.4, -0.2) is 38.8 Å². The molecule has 0 unspecified atom stereocenters. The van der Waals surface area contributed by atoms with E-state index >= 15 is 0 Å². The van der Waals surface area contributed by atoms with Crippen molar-refractivity contribution in [2.45, 2.75) is 17.5 Å². The van der Waals surface area contributed by atoms with E-state index in [-0.39, 0.29) is 35.4 Å². The molecule has 0 spiro atoms. The zero-order valence-electron chi connectivity index (χ0n) is 21.7. The van der Waals surface area contributed by atoms with Crippen LogP contribution in [0.2, 0.25) is 0 Å². The number of ether oxygens (including phenoxy) is 1. The normalized spacial score (nSPS) is 11.8. The molecule has 0 saturated carbocycles. The van der Waals surface area contributed by atoms with E-state index in [4.69, 9.17) is 4.74 Å². The molecule has 0 saturated heterocycles. The highest BCUT2D eigenvalue weighted by atomic mass is 32.2. The van der Waals surface area contributed by atoms with Gasteiger partial charge in [0.25, 0.3) is 15.9 Å². The van der Waals surface area contributed by atoms with Crippen molar-refractivity contribution in [1.82, 2.24) is 10.2 Å². The Kier molecular flexibility index (Phi) is 9.13. The number of halogens is 1. The number of anilines is 1. The summed E-state index contributed by atoms with van der Waals surface area (Å²) in [6.07, 6.45) is 0. The summed E-state index contributed by atoms with van der Waals surface area (Å²) in [5.41, 5.74) is 1.70. The molecule has 0 fully saturated rings. The Morgan fingerprint density at radius 2 is 1.45 bits per heavy atom. The number of nitrogens with one attached hydrogen (secondary N) is 2. The second-order valence-electron chi connectivity index (χ2n) is 8.81. The predicted molar refractivity (Wildman–Crippen MR) is 149 cm³/mol. The lowest BCUT2D eigenvalue weighted by atomic mass is 10.0. The Labute approximate surface area is 232 Å². The largest absolute Gasteiger partial charge is 0.484 e. The average molecular weight is 562 g/mol. The highest BCUT2D eigenvalue weighted by Crippen LogP contribution is 2.25. The van der Waals surface area contributed by atoms with E-state index in [1.165, 1.54) is 48.3 Å². The first-order chi connectivity index (χ1) is 19.3. The third kappa shape index (κ3) is 7.23. The smallest absolute Gasteiger partial charge is 0.261 e. The molecule has 8 nitrogen and oxygen atoms in total. The maximum Gasteiger partial charge on any atom is 0.261 e. The van der Waals surface area contributed by atoms with E-state index in [2.05, 4.69) is 10.0 Å². The van der Waals surface area contributed by atoms with Crippen molar-refractivity contribution in [1.29, 1.82) is 0 Å². The number of hydrogen-bond donors (Lipinski definition) is 2. The highest BCUT2D eigenvalue weighted by Gasteiger charge is 2.31. The Morgan fingerprint density at radius 3 is 2.05 bits per heavy atom. The maximum atomic E-state index is 13.5. The number of carbonyl (C=O) groups excluding carboxylic acids is 2. The summed E-state index contributed by atoms with van der Waals surface area (Å²) in [5.74, 6) is -0.994. The summed E-state index contributed by atoms with van der Waals surface area (Å²) in [4.78, 5) is 27.9. The number of sulfonamides is 1. The Balaban J connectivity index is 1.50. The number of hydrogen-bond acceptors (Lipinski definition) is 5. The molecule has 0 aliphatic rings. The van der Waals surface area contributed by atoms with Gasteiger partial charge in [-0.25, -0.2) is 12.8 Å². The molecule has 2 amide bonds. The molecule has 206 valence electrons. The fourth-order valence-corrected chi connectivity index (χ4v) is 5.08. The predicted octanol–water partition coefficient (Wildman–Crippen LogP) is 4.52. The molecule has 0 radical (unpaired) electrons. The van der Waals surface area contributed by atoms with Gasteiger partial charge in [0, 0.05) is 19.3 Å². The van der Waals surface area contributed by atoms with E-state index in [9.17, 15) is 22.4 Å². The first-order valence-corrected chi connectivity index (χ1v) is 13.9. The second-order valence-corrected chi connectivity index (χ2v) is 10.5. The van der Waals surface area contributed by atoms with Crippen molar-refractivity contribution in [3.63, 3.8) is 0 Å². The Hall–Kier alpha value is -4.70. The minimum Gasteiger partial charge on any atom is -0.484 e. The van der Waals surface area contributed by atoms with Crippen LogP contribution in [0.25, 0.3) is 0 Å². The minimum absolute atomic E-state index is 0.0371. The van der Waals surface area contributed by atoms with Gasteiger partial charge in [0.2, 0.25) is 5.91 Å². The average Bonchev–Trinajstić information content (AvgIpc) is 2.98. The number of benzene rings is 4. The molecule has 4 aromatic rings. The molecular formula is C30H28FN3O5S. The van der Waals surface area contributed by atoms with Gasteiger partial charge in [0.05, 0.1) is 4.90 Å². The Bertz CT molecular complexity index is 1530. The molecule has 0 aliphatic heterocycles. The third-order valence-corrected chi connectivity index (χ3v) is 7.43. The fraction of sp³-hybridized carbons (Fsp3) is 0.133. The molecule has 10 heteroatoms. The van der Waals surface area contributed by atoms with Gasteiger partial charge in [-0.3, -0.25) is 14.3 Å². The topological polar surface area (TPSA) is 105 Å². The first-order valence-electron chi connectivity index (χ1n) is 12.4. The summed E-state index contributed by atoms with van der Waals surface area (Å²) in [5, 5.41) is 2.64. The zero-order chi connectivity index (χ0) is 28.5. The van der Waals surface area contributed by atoms with Gasteiger partial charge in [-0.15, -0.1) is 0 Å². The lowest BCUT2D eigenvalue weighted by Crippen LogP contribution is -2.44. The lowest BCUT2D eigenvalue weighted by molar-refractivity contribution is -0.143. The van der Waals surface area contributed by atoms with Crippen LogP contribution in [0.15, 0.2) is 114 Å². The summed E-state index contributed by atoms with van der Waals surface area (Å²) in [7, 11) is -2.41. The lowest BCUT2D eigenvalue weighted by Gasteiger charge is -2.31. The van der Waals surface area contributed by atoms with Crippen LogP contribution in [0.3, 0.4) is 0 Å². The van der Waals surface area contributed by atoms with Gasteiger partial charge in [-0.05, 0) is 59.7 Å². The summed E-state index contributed by atoms with van der Waals surface area (Å²) in [6.45, 7) is -0.213. The molecular weight excluding hydrogens is 533 g/mol. The number of carbonyl (C=O) groups is 2. The van der Waals surface area contributed by atoms with Crippen LogP contribution in [0.4, 0.5) is 10.1 Å². The third-order valence-electron chi connectivity index (χ3n) is 6.03. The molecule has 1 atom stereocenters. The summed E-state index contributed by atoms with van der Waals surface area (Å²) < 4.78 is 46.6. The second kappa shape index (κ2) is 12.9. The number of rotatable bonds is 11. The highest BCUT2D eigenvalue weighted by molar-refractivity contribution is 7.92. The zero-order valence-corrected chi connectivity index (χ0v) is 22.5. The van der Waals surface area contributed by atoms with Crippen LogP contribution >= 0.6 is 0 Å². The summed E-state index contributed by atoms with van der Waals surface area (Å²) >= 11 is 0. The molecule has 4 aromatic carbocycles. The van der Waals surface area contributed by atoms with Gasteiger partial charge >= 0.3 is 0 Å². The molecule has 0 heterocycles. The van der Waals surface area contributed by atoms with Crippen LogP contribution in [0, 0.1) is 5.82 Å². The van der Waals surface area contributed by atoms with E-state index in [1.54, 1.807) is 24.3 Å². The van der Waals surface area contributed by atoms with Crippen LogP contribution in [0.5, 0.6) is 5.75 Å². The first kappa shape index (κ1) is 28.3. The molecule has 0 bridgehead atoms. The quantitative estimate of drug-likeness (QED) is 0.280. The minimum atomic E-state index is -3.92. The molecule has 4 rings (SSSR count). The summed E-state index contributed by atoms with van der Waals surface area (Å²) in [6, 6.07) is 27.9. The van der Waals surface area contributed by atoms with Gasteiger partial charge < -0.3 is 15.0 Å². The fourth-order valence-electron chi connectivity index (χ4n) is 4.02. The SMILES string of the molecule is CNC(=O)[C@@H](c1ccccc1)N(Cc1ccccc1)C(=O)COc1ccc(S(=O)(=O)Nc2ccc(F)cc2)cc1. The van der Waals surface area contributed by atoms with E-state index in [0.29, 0.717) is 5.56 Å². The van der Waals surface area contributed by atoms with Crippen molar-refractivity contribution >= 4 is 27.5 Å². The molecule has 0 aromatic heterocycles. The van der Waals surface area contributed by atoms with E-state index in [1.807, 2.05) is 36.4 Å². The number of likely N-dealkylation sites (N-methyl/N-ethyl adjacent to an activating group) is 1. The monoisotopic (exact) mass is 561 g/mol. The Morgan fingerprint density at radius 1 is 0.850 bits per heavy atom. The van der Waals surface area contributed by atoms with Crippen molar-refractivity contribution < 1.29 is 27.1 Å². The standard InChI is InChI=1S/C30H28FN3O5S/c1-32-30(36)29(23-10-6-3-7-11-23)34(20-22-8-4-2-5-9-22)28(35)21-39-26-16-18-27(19-17-26)40(37,38)33-25-14-12-24(31)13-15-25/h2-19,29,33H,20-21H2,1H3,(H,32,36)/t29-/m1/s1. The van der Waals surface area contributed by atoms with Crippen molar-refractivity contribution in [3.8, 4) is 5.75 Å². The maximum absolute atomic E-state index is 13.5. The van der Waals surface area contributed by atoms with E-state index in [0.717, 1.165) is 17.7 Å². The number of nitrogens with zero attached hydrogens (tertiary/aromatic N) is 1. The van der Waals surface area contributed by atoms with E-state index < -0.39 is 27.8 Å². The molecule has 2 N–H and O–H groups in total. The molecule has 40 heavy (non-hydrogen) atoms.